The topological polar surface area (TPSA) is 75.6 Å². The first-order valence-corrected chi connectivity index (χ1v) is 3.80. The molecule has 68 valence electrons. The Bertz CT molecular complexity index is 204. The van der Waals surface area contributed by atoms with Crippen molar-refractivity contribution >= 4 is 11.9 Å². The number of carbonyl (C=O) groups is 2. The number of hydrogen-bond acceptors (Lipinski definition) is 4. The predicted molar refractivity (Wildman–Crippen MR) is 39.2 cm³/mol. The molecule has 1 heterocycles. The van der Waals surface area contributed by atoms with Crippen molar-refractivity contribution in [2.75, 3.05) is 6.61 Å². The van der Waals surface area contributed by atoms with Crippen molar-refractivity contribution in [3.8, 4) is 0 Å². The van der Waals surface area contributed by atoms with Crippen LogP contribution < -0.4 is 5.32 Å². The zero-order valence-electron chi connectivity index (χ0n) is 6.74. The molecule has 5 nitrogen and oxygen atoms in total. The van der Waals surface area contributed by atoms with Crippen LogP contribution in [-0.4, -0.2) is 35.7 Å². The molecule has 5 heteroatoms. The summed E-state index contributed by atoms with van der Waals surface area (Å²) in [5.41, 5.74) is 0. The van der Waals surface area contributed by atoms with Crippen molar-refractivity contribution in [2.24, 2.45) is 0 Å². The first-order valence-electron chi connectivity index (χ1n) is 3.80. The van der Waals surface area contributed by atoms with E-state index in [1.807, 2.05) is 0 Å². The van der Waals surface area contributed by atoms with Gasteiger partial charge in [-0.3, -0.25) is 4.79 Å². The van der Waals surface area contributed by atoms with E-state index in [1.54, 1.807) is 6.92 Å². The molecule has 0 radical (unpaired) electrons. The standard InChI is InChI=1S/C7H11NO4/c1-2-12-7(11)4-3-5(9)6(10)8-4/h4-5,9H,2-3H2,1H3,(H,8,10). The fraction of sp³-hybridized carbons (Fsp3) is 0.714. The van der Waals surface area contributed by atoms with E-state index < -0.39 is 24.0 Å². The molecule has 0 bridgehead atoms. The second-order valence-electron chi connectivity index (χ2n) is 2.56. The van der Waals surface area contributed by atoms with Gasteiger partial charge in [-0.25, -0.2) is 4.79 Å². The highest BCUT2D eigenvalue weighted by atomic mass is 16.5. The summed E-state index contributed by atoms with van der Waals surface area (Å²) in [6.45, 7) is 1.96. The predicted octanol–water partition coefficient (Wildman–Crippen LogP) is -1.20. The minimum Gasteiger partial charge on any atom is -0.464 e. The zero-order valence-corrected chi connectivity index (χ0v) is 6.74. The molecule has 2 unspecified atom stereocenters. The molecule has 0 aromatic heterocycles. The molecule has 1 aliphatic rings. The van der Waals surface area contributed by atoms with Crippen LogP contribution in [0.2, 0.25) is 0 Å². The number of carbonyl (C=O) groups excluding carboxylic acids is 2. The summed E-state index contributed by atoms with van der Waals surface area (Å²) in [5.74, 6) is -0.990. The van der Waals surface area contributed by atoms with Gasteiger partial charge in [0.2, 0.25) is 5.91 Å². The summed E-state index contributed by atoms with van der Waals surface area (Å²) < 4.78 is 4.66. The van der Waals surface area contributed by atoms with Crippen molar-refractivity contribution in [1.29, 1.82) is 0 Å². The van der Waals surface area contributed by atoms with Gasteiger partial charge >= 0.3 is 5.97 Å². The van der Waals surface area contributed by atoms with Gasteiger partial charge in [-0.15, -0.1) is 0 Å². The molecule has 0 aromatic carbocycles. The zero-order chi connectivity index (χ0) is 9.14. The van der Waals surface area contributed by atoms with E-state index in [0.717, 1.165) is 0 Å². The molecule has 1 saturated heterocycles. The maximum absolute atomic E-state index is 11.0. The van der Waals surface area contributed by atoms with E-state index in [1.165, 1.54) is 0 Å². The Morgan fingerprint density at radius 1 is 1.83 bits per heavy atom. The number of hydrogen-bond donors (Lipinski definition) is 2. The number of esters is 1. The lowest BCUT2D eigenvalue weighted by Crippen LogP contribution is -2.34. The van der Waals surface area contributed by atoms with E-state index in [0.29, 0.717) is 0 Å². The highest BCUT2D eigenvalue weighted by molar-refractivity contribution is 5.90. The first-order chi connectivity index (χ1) is 5.65. The molecule has 0 aliphatic carbocycles. The Balaban J connectivity index is 2.46. The third-order valence-electron chi connectivity index (χ3n) is 1.65. The summed E-state index contributed by atoms with van der Waals surface area (Å²) in [5, 5.41) is 11.3. The third kappa shape index (κ3) is 1.73. The van der Waals surface area contributed by atoms with Gasteiger partial charge in [0.15, 0.2) is 0 Å². The van der Waals surface area contributed by atoms with E-state index >= 15 is 0 Å². The number of aliphatic hydroxyl groups excluding tert-OH is 1. The largest absolute Gasteiger partial charge is 0.464 e. The summed E-state index contributed by atoms with van der Waals surface area (Å²) >= 11 is 0. The molecule has 1 amide bonds. The highest BCUT2D eigenvalue weighted by Crippen LogP contribution is 2.08. The molecular weight excluding hydrogens is 162 g/mol. The van der Waals surface area contributed by atoms with Crippen LogP contribution in [0, 0.1) is 0 Å². The van der Waals surface area contributed by atoms with Gasteiger partial charge < -0.3 is 15.2 Å². The van der Waals surface area contributed by atoms with Gasteiger partial charge in [-0.2, -0.15) is 0 Å². The number of ether oxygens (including phenoxy) is 1. The van der Waals surface area contributed by atoms with Crippen LogP contribution in [-0.2, 0) is 14.3 Å². The SMILES string of the molecule is CCOC(=O)C1CC(O)C(=O)N1. The molecule has 1 aliphatic heterocycles. The average Bonchev–Trinajstić information content (AvgIpc) is 2.33. The van der Waals surface area contributed by atoms with E-state index in [4.69, 9.17) is 5.11 Å². The molecular formula is C7H11NO4. The van der Waals surface area contributed by atoms with Crippen molar-refractivity contribution < 1.29 is 19.4 Å². The van der Waals surface area contributed by atoms with E-state index in [9.17, 15) is 9.59 Å². The van der Waals surface area contributed by atoms with Crippen molar-refractivity contribution in [1.82, 2.24) is 5.32 Å². The molecule has 2 N–H and O–H groups in total. The Kier molecular flexibility index (Phi) is 2.65. The lowest BCUT2D eigenvalue weighted by Gasteiger charge is -2.07. The lowest BCUT2D eigenvalue weighted by atomic mass is 10.2. The number of nitrogens with one attached hydrogen (secondary N) is 1. The van der Waals surface area contributed by atoms with Gasteiger partial charge in [0.1, 0.15) is 12.1 Å². The van der Waals surface area contributed by atoms with Crippen LogP contribution in [0.25, 0.3) is 0 Å². The quantitative estimate of drug-likeness (QED) is 0.514. The maximum atomic E-state index is 11.0. The molecule has 2 atom stereocenters. The van der Waals surface area contributed by atoms with Gasteiger partial charge in [0.25, 0.3) is 0 Å². The molecule has 1 rings (SSSR count). The fourth-order valence-electron chi connectivity index (χ4n) is 1.06. The minimum atomic E-state index is -1.07. The Labute approximate surface area is 69.7 Å². The van der Waals surface area contributed by atoms with Crippen LogP contribution >= 0.6 is 0 Å². The van der Waals surface area contributed by atoms with E-state index in [2.05, 4.69) is 10.1 Å². The summed E-state index contributed by atoms with van der Waals surface area (Å²) in [7, 11) is 0. The third-order valence-corrected chi connectivity index (χ3v) is 1.65. The van der Waals surface area contributed by atoms with Crippen molar-refractivity contribution in [3.05, 3.63) is 0 Å². The van der Waals surface area contributed by atoms with Crippen molar-refractivity contribution in [2.45, 2.75) is 25.5 Å². The van der Waals surface area contributed by atoms with Gasteiger partial charge in [0.05, 0.1) is 6.61 Å². The van der Waals surface area contributed by atoms with Gasteiger partial charge in [-0.1, -0.05) is 0 Å². The minimum absolute atomic E-state index is 0.109. The summed E-state index contributed by atoms with van der Waals surface area (Å²) in [6, 6.07) is -0.674. The van der Waals surface area contributed by atoms with Crippen LogP contribution in [0.1, 0.15) is 13.3 Å². The first kappa shape index (κ1) is 8.99. The number of aliphatic hydroxyl groups is 1. The van der Waals surface area contributed by atoms with Crippen LogP contribution in [0.15, 0.2) is 0 Å². The fourth-order valence-corrected chi connectivity index (χ4v) is 1.06. The molecule has 0 aromatic rings. The summed E-state index contributed by atoms with van der Waals surface area (Å²) in [4.78, 5) is 21.7. The van der Waals surface area contributed by atoms with Crippen LogP contribution in [0.5, 0.6) is 0 Å². The number of rotatable bonds is 2. The van der Waals surface area contributed by atoms with Gasteiger partial charge in [0, 0.05) is 6.42 Å². The van der Waals surface area contributed by atoms with Crippen LogP contribution in [0.4, 0.5) is 0 Å². The summed E-state index contributed by atoms with van der Waals surface area (Å²) in [6.07, 6.45) is -0.961. The molecule has 0 saturated carbocycles. The maximum Gasteiger partial charge on any atom is 0.328 e. The Morgan fingerprint density at radius 2 is 2.50 bits per heavy atom. The van der Waals surface area contributed by atoms with Gasteiger partial charge in [-0.05, 0) is 6.92 Å². The highest BCUT2D eigenvalue weighted by Gasteiger charge is 2.35. The molecule has 1 fully saturated rings. The Hall–Kier alpha value is -1.10. The smallest absolute Gasteiger partial charge is 0.328 e. The molecule has 12 heavy (non-hydrogen) atoms. The average molecular weight is 173 g/mol. The second kappa shape index (κ2) is 3.53. The Morgan fingerprint density at radius 3 is 2.92 bits per heavy atom. The number of amides is 1. The normalized spacial score (nSPS) is 28.3. The second-order valence-corrected chi connectivity index (χ2v) is 2.56. The van der Waals surface area contributed by atoms with E-state index in [-0.39, 0.29) is 13.0 Å². The monoisotopic (exact) mass is 173 g/mol. The van der Waals surface area contributed by atoms with Crippen LogP contribution in [0.3, 0.4) is 0 Å². The lowest BCUT2D eigenvalue weighted by molar-refractivity contribution is -0.145. The van der Waals surface area contributed by atoms with Crippen molar-refractivity contribution in [3.63, 3.8) is 0 Å². The molecule has 0 spiro atoms.